The van der Waals surface area contributed by atoms with E-state index in [1.807, 2.05) is 44.2 Å². The third-order valence-electron chi connectivity index (χ3n) is 3.86. The van der Waals surface area contributed by atoms with Gasteiger partial charge in [0.15, 0.2) is 0 Å². The van der Waals surface area contributed by atoms with Gasteiger partial charge >= 0.3 is 6.03 Å². The molecule has 22 heavy (non-hydrogen) atoms. The van der Waals surface area contributed by atoms with E-state index in [0.717, 1.165) is 16.9 Å². The monoisotopic (exact) mass is 300 g/mol. The van der Waals surface area contributed by atoms with Crippen molar-refractivity contribution in [2.24, 2.45) is 0 Å². The van der Waals surface area contributed by atoms with Gasteiger partial charge in [0.25, 0.3) is 0 Å². The summed E-state index contributed by atoms with van der Waals surface area (Å²) in [5.74, 6) is 0.637. The van der Waals surface area contributed by atoms with Crippen LogP contribution in [-0.2, 0) is 0 Å². The van der Waals surface area contributed by atoms with E-state index in [0.29, 0.717) is 25.3 Å². The number of aliphatic hydroxyl groups is 1. The lowest BCUT2D eigenvalue weighted by atomic mass is 10.2. The number of β-amino-alcohol motifs (C(OH)–C–C–N with tert-alkyl or cyclic N) is 1. The fourth-order valence-electron chi connectivity index (χ4n) is 2.69. The first-order chi connectivity index (χ1) is 10.5. The molecule has 2 heterocycles. The molecule has 0 aliphatic carbocycles. The summed E-state index contributed by atoms with van der Waals surface area (Å²) >= 11 is 0. The molecule has 0 spiro atoms. The van der Waals surface area contributed by atoms with Gasteiger partial charge in [-0.15, -0.1) is 0 Å². The van der Waals surface area contributed by atoms with Crippen molar-refractivity contribution in [1.29, 1.82) is 0 Å². The van der Waals surface area contributed by atoms with Crippen LogP contribution in [0, 0.1) is 13.8 Å². The number of hydrogen-bond acceptors (Lipinski definition) is 3. The molecular weight excluding hydrogens is 280 g/mol. The summed E-state index contributed by atoms with van der Waals surface area (Å²) in [6, 6.07) is 9.54. The van der Waals surface area contributed by atoms with Crippen molar-refractivity contribution in [3.63, 3.8) is 0 Å². The molecule has 3 rings (SSSR count). The zero-order valence-electron chi connectivity index (χ0n) is 12.8. The number of para-hydroxylation sites is 1. The molecule has 1 fully saturated rings. The Morgan fingerprint density at radius 1 is 1.36 bits per heavy atom. The molecule has 2 amide bonds. The van der Waals surface area contributed by atoms with Gasteiger partial charge in [-0.05, 0) is 31.9 Å². The van der Waals surface area contributed by atoms with E-state index < -0.39 is 6.10 Å². The number of aliphatic hydroxyl groups excluding tert-OH is 1. The average molecular weight is 300 g/mol. The van der Waals surface area contributed by atoms with Crippen LogP contribution < -0.4 is 5.32 Å². The average Bonchev–Trinajstić information content (AvgIpc) is 3.06. The number of likely N-dealkylation sites (tertiary alicyclic amines) is 1. The minimum atomic E-state index is -0.422. The Morgan fingerprint density at radius 3 is 2.82 bits per heavy atom. The number of rotatable bonds is 2. The Hall–Kier alpha value is -2.34. The number of nitrogens with one attached hydrogen (secondary N) is 1. The largest absolute Gasteiger partial charge is 0.391 e. The highest BCUT2D eigenvalue weighted by molar-refractivity contribution is 5.89. The van der Waals surface area contributed by atoms with Crippen molar-refractivity contribution in [2.75, 3.05) is 18.4 Å². The molecule has 1 saturated heterocycles. The van der Waals surface area contributed by atoms with Gasteiger partial charge in [-0.1, -0.05) is 18.2 Å². The van der Waals surface area contributed by atoms with Gasteiger partial charge in [-0.2, -0.15) is 5.10 Å². The number of aromatic nitrogens is 2. The molecule has 6 heteroatoms. The van der Waals surface area contributed by atoms with E-state index >= 15 is 0 Å². The lowest BCUT2D eigenvalue weighted by molar-refractivity contribution is 0.176. The predicted octanol–water partition coefficient (Wildman–Crippen LogP) is 2.09. The Labute approximate surface area is 129 Å². The standard InChI is InChI=1S/C16H20N4O2/c1-11-5-3-4-6-14(11)20-15(9-12(2)18-20)17-16(22)19-8-7-13(21)10-19/h3-6,9,13,21H,7-8,10H2,1-2H3,(H,17,22). The van der Waals surface area contributed by atoms with Gasteiger partial charge < -0.3 is 10.0 Å². The summed E-state index contributed by atoms with van der Waals surface area (Å²) < 4.78 is 1.75. The fraction of sp³-hybridized carbons (Fsp3) is 0.375. The first-order valence-corrected chi connectivity index (χ1v) is 7.41. The molecule has 1 aromatic carbocycles. The molecule has 6 nitrogen and oxygen atoms in total. The van der Waals surface area contributed by atoms with Gasteiger partial charge in [-0.25, -0.2) is 9.48 Å². The third kappa shape index (κ3) is 2.82. The number of nitrogens with zero attached hydrogens (tertiary/aromatic N) is 3. The molecule has 116 valence electrons. The summed E-state index contributed by atoms with van der Waals surface area (Å²) in [6.07, 6.45) is 0.206. The summed E-state index contributed by atoms with van der Waals surface area (Å²) in [4.78, 5) is 13.9. The maximum absolute atomic E-state index is 12.3. The van der Waals surface area contributed by atoms with Gasteiger partial charge in [0.2, 0.25) is 0 Å². The van der Waals surface area contributed by atoms with Crippen LogP contribution in [0.1, 0.15) is 17.7 Å². The van der Waals surface area contributed by atoms with Crippen molar-refractivity contribution in [2.45, 2.75) is 26.4 Å². The van der Waals surface area contributed by atoms with Crippen LogP contribution in [-0.4, -0.2) is 45.0 Å². The van der Waals surface area contributed by atoms with Crippen LogP contribution in [0.4, 0.5) is 10.6 Å². The van der Waals surface area contributed by atoms with Crippen molar-refractivity contribution in [3.05, 3.63) is 41.6 Å². The quantitative estimate of drug-likeness (QED) is 0.892. The molecular formula is C16H20N4O2. The maximum Gasteiger partial charge on any atom is 0.323 e. The predicted molar refractivity (Wildman–Crippen MR) is 84.3 cm³/mol. The van der Waals surface area contributed by atoms with Crippen LogP contribution in [0.2, 0.25) is 0 Å². The number of carbonyl (C=O) groups is 1. The van der Waals surface area contributed by atoms with Gasteiger partial charge in [0.1, 0.15) is 5.82 Å². The van der Waals surface area contributed by atoms with Crippen molar-refractivity contribution < 1.29 is 9.90 Å². The Morgan fingerprint density at radius 2 is 2.14 bits per heavy atom. The fourth-order valence-corrected chi connectivity index (χ4v) is 2.69. The smallest absolute Gasteiger partial charge is 0.323 e. The van der Waals surface area contributed by atoms with E-state index in [9.17, 15) is 9.90 Å². The molecule has 2 aromatic rings. The number of anilines is 1. The second-order valence-electron chi connectivity index (χ2n) is 5.69. The van der Waals surface area contributed by atoms with Crippen LogP contribution >= 0.6 is 0 Å². The normalized spacial score (nSPS) is 17.8. The lowest BCUT2D eigenvalue weighted by Crippen LogP contribution is -2.34. The first-order valence-electron chi connectivity index (χ1n) is 7.41. The topological polar surface area (TPSA) is 70.4 Å². The van der Waals surface area contributed by atoms with Crippen molar-refractivity contribution in [3.8, 4) is 5.69 Å². The zero-order valence-corrected chi connectivity index (χ0v) is 12.8. The molecule has 1 aliphatic rings. The van der Waals surface area contributed by atoms with Crippen molar-refractivity contribution in [1.82, 2.24) is 14.7 Å². The van der Waals surface area contributed by atoms with E-state index in [1.165, 1.54) is 0 Å². The maximum atomic E-state index is 12.3. The van der Waals surface area contributed by atoms with E-state index in [2.05, 4.69) is 10.4 Å². The van der Waals surface area contributed by atoms with Crippen LogP contribution in [0.25, 0.3) is 5.69 Å². The number of aryl methyl sites for hydroxylation is 2. The molecule has 1 unspecified atom stereocenters. The molecule has 1 atom stereocenters. The van der Waals surface area contributed by atoms with Gasteiger partial charge in [0, 0.05) is 19.2 Å². The molecule has 0 radical (unpaired) electrons. The minimum absolute atomic E-state index is 0.203. The van der Waals surface area contributed by atoms with E-state index in [1.54, 1.807) is 9.58 Å². The first kappa shape index (κ1) is 14.6. The zero-order chi connectivity index (χ0) is 15.7. The Balaban J connectivity index is 1.86. The van der Waals surface area contributed by atoms with Gasteiger partial charge in [-0.3, -0.25) is 5.32 Å². The van der Waals surface area contributed by atoms with E-state index in [-0.39, 0.29) is 6.03 Å². The summed E-state index contributed by atoms with van der Waals surface area (Å²) in [7, 11) is 0. The highest BCUT2D eigenvalue weighted by atomic mass is 16.3. The molecule has 1 aromatic heterocycles. The summed E-state index contributed by atoms with van der Waals surface area (Å²) in [5.41, 5.74) is 2.85. The van der Waals surface area contributed by atoms with Gasteiger partial charge in [0.05, 0.1) is 17.5 Å². The molecule has 0 saturated carbocycles. The Bertz CT molecular complexity index is 695. The van der Waals surface area contributed by atoms with Crippen LogP contribution in [0.5, 0.6) is 0 Å². The highest BCUT2D eigenvalue weighted by Gasteiger charge is 2.25. The highest BCUT2D eigenvalue weighted by Crippen LogP contribution is 2.21. The molecule has 1 aliphatic heterocycles. The summed E-state index contributed by atoms with van der Waals surface area (Å²) in [6.45, 7) is 4.85. The number of urea groups is 1. The van der Waals surface area contributed by atoms with Crippen LogP contribution in [0.15, 0.2) is 30.3 Å². The third-order valence-corrected chi connectivity index (χ3v) is 3.86. The second-order valence-corrected chi connectivity index (χ2v) is 5.69. The molecule has 0 bridgehead atoms. The number of carbonyl (C=O) groups excluding carboxylic acids is 1. The van der Waals surface area contributed by atoms with E-state index in [4.69, 9.17) is 0 Å². The second kappa shape index (κ2) is 5.81. The minimum Gasteiger partial charge on any atom is -0.391 e. The van der Waals surface area contributed by atoms with Crippen LogP contribution in [0.3, 0.4) is 0 Å². The SMILES string of the molecule is Cc1cc(NC(=O)N2CCC(O)C2)n(-c2ccccc2C)n1. The number of benzene rings is 1. The number of hydrogen-bond donors (Lipinski definition) is 2. The summed E-state index contributed by atoms with van der Waals surface area (Å²) in [5, 5.41) is 16.9. The Kier molecular flexibility index (Phi) is 3.85. The van der Waals surface area contributed by atoms with Crippen molar-refractivity contribution >= 4 is 11.8 Å². The molecule has 2 N–H and O–H groups in total. The lowest BCUT2D eigenvalue weighted by Gasteiger charge is -2.17. The number of amides is 2.